The van der Waals surface area contributed by atoms with Gasteiger partial charge in [-0.2, -0.15) is 0 Å². The van der Waals surface area contributed by atoms with Crippen molar-refractivity contribution in [3.63, 3.8) is 0 Å². The van der Waals surface area contributed by atoms with Crippen molar-refractivity contribution in [3.05, 3.63) is 101 Å². The molecule has 0 fully saturated rings. The van der Waals surface area contributed by atoms with Crippen molar-refractivity contribution >= 4 is 21.6 Å². The lowest BCUT2D eigenvalue weighted by Gasteiger charge is -2.25. The fourth-order valence-corrected chi connectivity index (χ4v) is 4.96. The van der Waals surface area contributed by atoms with Gasteiger partial charge >= 0.3 is 0 Å². The molecule has 174 valence electrons. The zero-order valence-corrected chi connectivity index (χ0v) is 20.5. The zero-order chi connectivity index (χ0) is 24.0. The second-order valence-corrected chi connectivity index (χ2v) is 10.4. The summed E-state index contributed by atoms with van der Waals surface area (Å²) in [5.41, 5.74) is 5.77. The fourth-order valence-electron chi connectivity index (χ4n) is 3.94. The summed E-state index contributed by atoms with van der Waals surface area (Å²) < 4.78 is 26.4. The predicted octanol–water partition coefficient (Wildman–Crippen LogP) is 5.06. The fraction of sp³-hybridized carbons (Fsp3) is 0.296. The number of hydrogen-bond acceptors (Lipinski definition) is 3. The SMILES string of the molecule is Cc1cccc([C@@H](NC(=O)CCCN(c2cccc(C)c2C)S(C)(=O)=O)c2ccccc2)c1. The Labute approximate surface area is 197 Å². The highest BCUT2D eigenvalue weighted by Crippen LogP contribution is 2.26. The molecule has 0 saturated heterocycles. The average Bonchev–Trinajstić information content (AvgIpc) is 2.77. The van der Waals surface area contributed by atoms with E-state index in [9.17, 15) is 13.2 Å². The number of nitrogens with one attached hydrogen (secondary N) is 1. The maximum Gasteiger partial charge on any atom is 0.232 e. The molecule has 0 heterocycles. The van der Waals surface area contributed by atoms with Gasteiger partial charge in [-0.3, -0.25) is 9.10 Å². The van der Waals surface area contributed by atoms with E-state index in [1.54, 1.807) is 0 Å². The number of carbonyl (C=O) groups excluding carboxylic acids is 1. The molecule has 6 heteroatoms. The van der Waals surface area contributed by atoms with E-state index >= 15 is 0 Å². The molecule has 0 spiro atoms. The first-order valence-electron chi connectivity index (χ1n) is 11.1. The number of hydrogen-bond donors (Lipinski definition) is 1. The van der Waals surface area contributed by atoms with E-state index in [0.29, 0.717) is 12.1 Å². The second kappa shape index (κ2) is 10.7. The van der Waals surface area contributed by atoms with Gasteiger partial charge in [-0.1, -0.05) is 72.3 Å². The average molecular weight is 465 g/mol. The smallest absolute Gasteiger partial charge is 0.232 e. The van der Waals surface area contributed by atoms with Crippen molar-refractivity contribution in [1.29, 1.82) is 0 Å². The molecule has 0 saturated carbocycles. The first-order chi connectivity index (χ1) is 15.7. The van der Waals surface area contributed by atoms with Crippen LogP contribution in [0.25, 0.3) is 0 Å². The van der Waals surface area contributed by atoms with E-state index in [1.807, 2.05) is 87.5 Å². The number of anilines is 1. The molecule has 0 aromatic heterocycles. The molecule has 1 atom stereocenters. The highest BCUT2D eigenvalue weighted by molar-refractivity contribution is 7.92. The number of aryl methyl sites for hydroxylation is 2. The molecular formula is C27H32N2O3S. The maximum atomic E-state index is 12.9. The van der Waals surface area contributed by atoms with E-state index in [-0.39, 0.29) is 24.9 Å². The van der Waals surface area contributed by atoms with E-state index in [2.05, 4.69) is 11.4 Å². The van der Waals surface area contributed by atoms with Gasteiger partial charge in [0.05, 0.1) is 18.0 Å². The van der Waals surface area contributed by atoms with Gasteiger partial charge in [0.25, 0.3) is 0 Å². The number of carbonyl (C=O) groups is 1. The molecule has 0 radical (unpaired) electrons. The van der Waals surface area contributed by atoms with Gasteiger partial charge in [0.1, 0.15) is 0 Å². The standard InChI is InChI=1S/C27H32N2O3S/c1-20-11-8-15-24(19-20)27(23-13-6-5-7-14-23)28-26(30)17-10-18-29(33(4,31)32)25-16-9-12-21(2)22(25)3/h5-9,11-16,19,27H,10,17-18H2,1-4H3,(H,28,30)/t27-/m0/s1. The lowest BCUT2D eigenvalue weighted by molar-refractivity contribution is -0.121. The van der Waals surface area contributed by atoms with E-state index in [1.165, 1.54) is 10.6 Å². The minimum atomic E-state index is -3.47. The quantitative estimate of drug-likeness (QED) is 0.481. The number of benzene rings is 3. The van der Waals surface area contributed by atoms with Gasteiger partial charge in [-0.25, -0.2) is 8.42 Å². The van der Waals surface area contributed by atoms with Crippen LogP contribution in [0.15, 0.2) is 72.8 Å². The summed E-state index contributed by atoms with van der Waals surface area (Å²) in [6.45, 7) is 6.15. The van der Waals surface area contributed by atoms with Crippen molar-refractivity contribution in [1.82, 2.24) is 5.32 Å². The summed E-state index contributed by atoms with van der Waals surface area (Å²) in [4.78, 5) is 12.9. The van der Waals surface area contributed by atoms with Crippen molar-refractivity contribution in [2.75, 3.05) is 17.1 Å². The summed E-state index contributed by atoms with van der Waals surface area (Å²) in [5.74, 6) is -0.111. The Bertz CT molecular complexity index is 1210. The van der Waals surface area contributed by atoms with Gasteiger partial charge < -0.3 is 5.32 Å². The summed E-state index contributed by atoms with van der Waals surface area (Å²) in [7, 11) is -3.47. The predicted molar refractivity (Wildman–Crippen MR) is 135 cm³/mol. The molecule has 3 aromatic carbocycles. The van der Waals surface area contributed by atoms with Gasteiger partial charge in [-0.15, -0.1) is 0 Å². The number of rotatable bonds is 9. The molecule has 0 aliphatic carbocycles. The zero-order valence-electron chi connectivity index (χ0n) is 19.7. The van der Waals surface area contributed by atoms with Crippen molar-refractivity contribution in [3.8, 4) is 0 Å². The van der Waals surface area contributed by atoms with Crippen LogP contribution in [0.2, 0.25) is 0 Å². The third-order valence-electron chi connectivity index (χ3n) is 5.82. The Balaban J connectivity index is 1.72. The third kappa shape index (κ3) is 6.45. The summed E-state index contributed by atoms with van der Waals surface area (Å²) in [6.07, 6.45) is 1.85. The third-order valence-corrected chi connectivity index (χ3v) is 7.00. The van der Waals surface area contributed by atoms with Gasteiger partial charge in [0.15, 0.2) is 0 Å². The molecule has 1 amide bonds. The van der Waals surface area contributed by atoms with E-state index in [0.717, 1.165) is 27.8 Å². The number of nitrogens with zero attached hydrogens (tertiary/aromatic N) is 1. The van der Waals surface area contributed by atoms with Gasteiger partial charge in [0.2, 0.25) is 15.9 Å². The minimum absolute atomic E-state index is 0.111. The van der Waals surface area contributed by atoms with Crippen LogP contribution >= 0.6 is 0 Å². The van der Waals surface area contributed by atoms with Crippen molar-refractivity contribution < 1.29 is 13.2 Å². The van der Waals surface area contributed by atoms with Crippen molar-refractivity contribution in [2.45, 2.75) is 39.7 Å². The minimum Gasteiger partial charge on any atom is -0.345 e. The maximum absolute atomic E-state index is 12.9. The molecule has 33 heavy (non-hydrogen) atoms. The molecule has 3 rings (SSSR count). The Morgan fingerprint density at radius 1 is 0.909 bits per heavy atom. The van der Waals surface area contributed by atoms with Crippen LogP contribution in [-0.4, -0.2) is 27.1 Å². The first kappa shape index (κ1) is 24.5. The molecule has 0 aliphatic rings. The number of sulfonamides is 1. The molecule has 1 N–H and O–H groups in total. The topological polar surface area (TPSA) is 66.5 Å². The highest BCUT2D eigenvalue weighted by Gasteiger charge is 2.21. The summed E-state index contributed by atoms with van der Waals surface area (Å²) in [6, 6.07) is 23.3. The monoisotopic (exact) mass is 464 g/mol. The molecule has 3 aromatic rings. The molecule has 0 aliphatic heterocycles. The first-order valence-corrected chi connectivity index (χ1v) is 13.0. The Morgan fingerprint density at radius 2 is 1.58 bits per heavy atom. The van der Waals surface area contributed by atoms with Crippen LogP contribution in [0, 0.1) is 20.8 Å². The normalized spacial score (nSPS) is 12.2. The van der Waals surface area contributed by atoms with Crippen LogP contribution < -0.4 is 9.62 Å². The summed E-state index contributed by atoms with van der Waals surface area (Å²) in [5, 5.41) is 3.14. The van der Waals surface area contributed by atoms with Crippen LogP contribution in [0.1, 0.15) is 46.7 Å². The molecular weight excluding hydrogens is 432 g/mol. The van der Waals surface area contributed by atoms with Crippen LogP contribution in [0.3, 0.4) is 0 Å². The lowest BCUT2D eigenvalue weighted by Crippen LogP contribution is -2.33. The highest BCUT2D eigenvalue weighted by atomic mass is 32.2. The van der Waals surface area contributed by atoms with E-state index < -0.39 is 10.0 Å². The van der Waals surface area contributed by atoms with Gasteiger partial charge in [0, 0.05) is 13.0 Å². The second-order valence-electron chi connectivity index (χ2n) is 8.48. The Kier molecular flexibility index (Phi) is 7.92. The summed E-state index contributed by atoms with van der Waals surface area (Å²) >= 11 is 0. The molecule has 5 nitrogen and oxygen atoms in total. The van der Waals surface area contributed by atoms with Crippen LogP contribution in [0.5, 0.6) is 0 Å². The Hall–Kier alpha value is -3.12. The van der Waals surface area contributed by atoms with Gasteiger partial charge in [-0.05, 0) is 55.5 Å². The largest absolute Gasteiger partial charge is 0.345 e. The Morgan fingerprint density at radius 3 is 2.24 bits per heavy atom. The lowest BCUT2D eigenvalue weighted by atomic mass is 9.97. The molecule has 0 bridgehead atoms. The molecule has 0 unspecified atom stereocenters. The van der Waals surface area contributed by atoms with Crippen molar-refractivity contribution in [2.24, 2.45) is 0 Å². The van der Waals surface area contributed by atoms with Crippen LogP contribution in [-0.2, 0) is 14.8 Å². The van der Waals surface area contributed by atoms with E-state index in [4.69, 9.17) is 0 Å². The number of amides is 1. The van der Waals surface area contributed by atoms with Crippen LogP contribution in [0.4, 0.5) is 5.69 Å².